The fourth-order valence-corrected chi connectivity index (χ4v) is 5.69. The van der Waals surface area contributed by atoms with Gasteiger partial charge in [-0.2, -0.15) is 0 Å². The molecule has 0 saturated carbocycles. The Morgan fingerprint density at radius 1 is 0.927 bits per heavy atom. The minimum atomic E-state index is -1.42. The number of thioether (sulfide) groups is 1. The second kappa shape index (κ2) is 14.3. The number of esters is 4. The van der Waals surface area contributed by atoms with Crippen LogP contribution in [0.4, 0.5) is 4.79 Å². The number of hydrogen-bond acceptors (Lipinski definition) is 13. The number of amides is 2. The molecule has 0 bridgehead atoms. The van der Waals surface area contributed by atoms with Crippen LogP contribution in [0.25, 0.3) is 0 Å². The van der Waals surface area contributed by atoms with Gasteiger partial charge in [-0.15, -0.1) is 11.8 Å². The number of carbonyl (C=O) groups excluding carboxylic acids is 5. The number of ether oxygens (including phenoxy) is 7. The lowest BCUT2D eigenvalue weighted by Gasteiger charge is -2.44. The zero-order valence-electron chi connectivity index (χ0n) is 23.6. The van der Waals surface area contributed by atoms with E-state index in [9.17, 15) is 24.0 Å². The van der Waals surface area contributed by atoms with Gasteiger partial charge < -0.3 is 43.4 Å². The lowest BCUT2D eigenvalue weighted by molar-refractivity contribution is -0.288. The molecule has 0 radical (unpaired) electrons. The Balaban J connectivity index is 1.98. The maximum Gasteiger partial charge on any atom is 0.318 e. The number of nitrogens with zero attached hydrogens (tertiary/aromatic N) is 1. The first kappa shape index (κ1) is 31.8. The molecule has 0 spiro atoms. The molecule has 0 aromatic heterocycles. The maximum absolute atomic E-state index is 12.3. The monoisotopic (exact) mass is 598 g/mol. The lowest BCUT2D eigenvalue weighted by atomic mass is 9.98. The fraction of sp³-hybridized carbons (Fsp3) is 0.577. The Hall–Kier alpha value is -3.72. The van der Waals surface area contributed by atoms with E-state index in [0.717, 1.165) is 32.1 Å². The molecule has 2 heterocycles. The van der Waals surface area contributed by atoms with Crippen molar-refractivity contribution in [3.63, 3.8) is 0 Å². The molecule has 3 rings (SSSR count). The zero-order valence-corrected chi connectivity index (χ0v) is 24.4. The van der Waals surface area contributed by atoms with Crippen molar-refractivity contribution in [3.8, 4) is 11.5 Å². The van der Waals surface area contributed by atoms with Crippen molar-refractivity contribution in [1.82, 2.24) is 10.2 Å². The molecule has 226 valence electrons. The van der Waals surface area contributed by atoms with Crippen LogP contribution in [0.3, 0.4) is 0 Å². The van der Waals surface area contributed by atoms with E-state index >= 15 is 0 Å². The molecule has 14 nitrogen and oxygen atoms in total. The number of carbonyl (C=O) groups is 5. The highest BCUT2D eigenvalue weighted by Gasteiger charge is 2.53. The summed E-state index contributed by atoms with van der Waals surface area (Å²) in [6.07, 6.45) is -6.66. The summed E-state index contributed by atoms with van der Waals surface area (Å²) < 4.78 is 39.0. The number of hydrogen-bond donors (Lipinski definition) is 1. The van der Waals surface area contributed by atoms with Crippen molar-refractivity contribution in [3.05, 3.63) is 23.8 Å². The minimum Gasteiger partial charge on any atom is -0.493 e. The zero-order chi connectivity index (χ0) is 30.3. The summed E-state index contributed by atoms with van der Waals surface area (Å²) >= 11 is 1.59. The third-order valence-electron chi connectivity index (χ3n) is 6.03. The fourth-order valence-electron chi connectivity index (χ4n) is 4.44. The number of methoxy groups -OCH3 is 1. The molecule has 6 atom stereocenters. The molecule has 15 heteroatoms. The molecular weight excluding hydrogens is 564 g/mol. The summed E-state index contributed by atoms with van der Waals surface area (Å²) in [6, 6.07) is 4.85. The highest BCUT2D eigenvalue weighted by atomic mass is 32.2. The first-order valence-electron chi connectivity index (χ1n) is 12.7. The molecule has 2 aliphatic heterocycles. The Morgan fingerprint density at radius 3 is 2.15 bits per heavy atom. The normalized spacial score (nSPS) is 25.5. The van der Waals surface area contributed by atoms with Crippen LogP contribution in [0.1, 0.15) is 38.6 Å². The molecule has 0 aliphatic carbocycles. The average molecular weight is 599 g/mol. The smallest absolute Gasteiger partial charge is 0.318 e. The minimum absolute atomic E-state index is 0.173. The number of rotatable bonds is 9. The van der Waals surface area contributed by atoms with Crippen molar-refractivity contribution < 1.29 is 57.1 Å². The van der Waals surface area contributed by atoms with E-state index < -0.39 is 54.6 Å². The Bertz CT molecular complexity index is 1150. The van der Waals surface area contributed by atoms with Gasteiger partial charge in [-0.3, -0.25) is 19.2 Å². The summed E-state index contributed by atoms with van der Waals surface area (Å²) in [5.41, 5.74) is 0.779. The van der Waals surface area contributed by atoms with Crippen molar-refractivity contribution in [2.75, 3.05) is 33.1 Å². The van der Waals surface area contributed by atoms with Gasteiger partial charge in [-0.25, -0.2) is 4.79 Å². The van der Waals surface area contributed by atoms with E-state index in [0.29, 0.717) is 6.54 Å². The largest absolute Gasteiger partial charge is 0.493 e. The van der Waals surface area contributed by atoms with Crippen molar-refractivity contribution in [2.45, 2.75) is 63.8 Å². The van der Waals surface area contributed by atoms with Crippen LogP contribution in [0.15, 0.2) is 18.2 Å². The highest BCUT2D eigenvalue weighted by molar-refractivity contribution is 7.99. The van der Waals surface area contributed by atoms with Gasteiger partial charge in [-0.05, 0) is 17.7 Å². The molecule has 1 N–H and O–H groups in total. The summed E-state index contributed by atoms with van der Waals surface area (Å²) in [5.74, 6) is -1.67. The Kier molecular flexibility index (Phi) is 11.1. The van der Waals surface area contributed by atoms with Crippen molar-refractivity contribution >= 4 is 41.7 Å². The van der Waals surface area contributed by atoms with E-state index in [1.54, 1.807) is 41.9 Å². The number of benzene rings is 1. The van der Waals surface area contributed by atoms with Gasteiger partial charge in [0.25, 0.3) is 0 Å². The van der Waals surface area contributed by atoms with Crippen LogP contribution in [0, 0.1) is 0 Å². The third-order valence-corrected chi connectivity index (χ3v) is 7.29. The summed E-state index contributed by atoms with van der Waals surface area (Å²) in [4.78, 5) is 61.6. The van der Waals surface area contributed by atoms with Gasteiger partial charge in [-0.1, -0.05) is 6.07 Å². The summed E-state index contributed by atoms with van der Waals surface area (Å²) in [6.45, 7) is 4.77. The molecule has 1 unspecified atom stereocenters. The van der Waals surface area contributed by atoms with Gasteiger partial charge in [0.15, 0.2) is 23.7 Å². The molecule has 2 saturated heterocycles. The molecule has 41 heavy (non-hydrogen) atoms. The topological polar surface area (TPSA) is 165 Å². The quantitative estimate of drug-likeness (QED) is 0.322. The predicted molar refractivity (Wildman–Crippen MR) is 142 cm³/mol. The second-order valence-electron chi connectivity index (χ2n) is 9.07. The summed E-state index contributed by atoms with van der Waals surface area (Å²) in [7, 11) is 2.99. The Morgan fingerprint density at radius 2 is 1.56 bits per heavy atom. The average Bonchev–Trinajstić information content (AvgIpc) is 3.40. The molecule has 1 aromatic carbocycles. The predicted octanol–water partition coefficient (Wildman–Crippen LogP) is 1.54. The molecule has 2 fully saturated rings. The standard InChI is InChI=1S/C26H34N2O12S/c1-13(29)35-12-20-21(36-14(2)30)22(37-15(3)31)23(38-16(4)32)25(40-20)39-18-8-7-17(11-19(18)34-6)24-28(9-10-41-24)26(33)27-5/h7-8,11,20-25H,9-10,12H2,1-6H3,(H,27,33)/t20-,21-,22+,23-,24?,25-/m1/s1. The van der Waals surface area contributed by atoms with Crippen LogP contribution in [-0.4, -0.2) is 98.6 Å². The SMILES string of the molecule is CNC(=O)N1CCSC1c1ccc(O[C@@H]2O[C@H](COC(C)=O)[C@@H](OC(C)=O)[C@H](OC(C)=O)[C@H]2OC(C)=O)c(OC)c1. The van der Waals surface area contributed by atoms with Gasteiger partial charge in [0.2, 0.25) is 12.4 Å². The van der Waals surface area contributed by atoms with Gasteiger partial charge in [0.05, 0.1) is 7.11 Å². The van der Waals surface area contributed by atoms with Gasteiger partial charge >= 0.3 is 29.9 Å². The number of urea groups is 1. The van der Waals surface area contributed by atoms with Crippen molar-refractivity contribution in [2.24, 2.45) is 0 Å². The molecule has 2 aliphatic rings. The summed E-state index contributed by atoms with van der Waals surface area (Å²) in [5, 5.41) is 2.38. The van der Waals surface area contributed by atoms with Crippen molar-refractivity contribution in [1.29, 1.82) is 0 Å². The van der Waals surface area contributed by atoms with Crippen LogP contribution in [0.5, 0.6) is 11.5 Å². The van der Waals surface area contributed by atoms with Crippen LogP contribution < -0.4 is 14.8 Å². The van der Waals surface area contributed by atoms with Crippen LogP contribution in [-0.2, 0) is 42.9 Å². The van der Waals surface area contributed by atoms with Gasteiger partial charge in [0, 0.05) is 47.0 Å². The van der Waals surface area contributed by atoms with E-state index in [1.807, 2.05) is 0 Å². The first-order chi connectivity index (χ1) is 19.4. The Labute approximate surface area is 241 Å². The van der Waals surface area contributed by atoms with Gasteiger partial charge in [0.1, 0.15) is 18.1 Å². The first-order valence-corrected chi connectivity index (χ1v) is 13.7. The van der Waals surface area contributed by atoms with Crippen LogP contribution in [0.2, 0.25) is 0 Å². The lowest BCUT2D eigenvalue weighted by Crippen LogP contribution is -2.63. The molecule has 2 amide bonds. The highest BCUT2D eigenvalue weighted by Crippen LogP contribution is 2.42. The second-order valence-corrected chi connectivity index (χ2v) is 10.3. The van der Waals surface area contributed by atoms with E-state index in [2.05, 4.69) is 5.32 Å². The molecule has 1 aromatic rings. The molecular formula is C26H34N2O12S. The van der Waals surface area contributed by atoms with Crippen LogP contribution >= 0.6 is 11.8 Å². The third kappa shape index (κ3) is 8.16. The van der Waals surface area contributed by atoms with E-state index in [-0.39, 0.29) is 29.5 Å². The van der Waals surface area contributed by atoms with E-state index in [4.69, 9.17) is 33.2 Å². The number of nitrogens with one attached hydrogen (secondary N) is 1. The van der Waals surface area contributed by atoms with E-state index in [1.165, 1.54) is 14.0 Å². The maximum atomic E-state index is 12.3.